The molecule has 20 heavy (non-hydrogen) atoms. The normalized spacial score (nSPS) is 12.1. The first-order valence-corrected chi connectivity index (χ1v) is 7.58. The van der Waals surface area contributed by atoms with Crippen molar-refractivity contribution in [2.24, 2.45) is 5.92 Å². The highest BCUT2D eigenvalue weighted by molar-refractivity contribution is 9.09. The van der Waals surface area contributed by atoms with Crippen LogP contribution in [0, 0.1) is 5.92 Å². The maximum atomic E-state index is 12.3. The van der Waals surface area contributed by atoms with Gasteiger partial charge < -0.3 is 9.47 Å². The van der Waals surface area contributed by atoms with Gasteiger partial charge in [0.05, 0.1) is 6.61 Å². The zero-order valence-corrected chi connectivity index (χ0v) is 13.4. The second-order valence-electron chi connectivity index (χ2n) is 4.53. The minimum Gasteiger partial charge on any atom is -0.490 e. The Morgan fingerprint density at radius 1 is 1.30 bits per heavy atom. The monoisotopic (exact) mass is 348 g/mol. The molecule has 0 bridgehead atoms. The maximum absolute atomic E-state index is 12.3. The van der Waals surface area contributed by atoms with Crippen LogP contribution < -0.4 is 9.47 Å². The molecule has 0 saturated heterocycles. The summed E-state index contributed by atoms with van der Waals surface area (Å²) in [5.74, 6) is 0.796. The van der Waals surface area contributed by atoms with Crippen molar-refractivity contribution in [1.82, 2.24) is 0 Å². The van der Waals surface area contributed by atoms with Crippen LogP contribution in [0.15, 0.2) is 23.8 Å². The molecule has 0 N–H and O–H groups in total. The van der Waals surface area contributed by atoms with E-state index in [0.717, 1.165) is 10.9 Å². The highest BCUT2D eigenvalue weighted by Gasteiger charge is 2.11. The van der Waals surface area contributed by atoms with Crippen LogP contribution in [0.1, 0.15) is 26.3 Å². The third kappa shape index (κ3) is 5.12. The van der Waals surface area contributed by atoms with Crippen molar-refractivity contribution in [3.8, 4) is 11.5 Å². The summed E-state index contributed by atoms with van der Waals surface area (Å²) in [6.07, 6.45) is 2.02. The Morgan fingerprint density at radius 2 is 2.00 bits per heavy atom. The summed E-state index contributed by atoms with van der Waals surface area (Å²) in [5, 5.41) is 0.768. The molecule has 0 unspecified atom stereocenters. The van der Waals surface area contributed by atoms with Gasteiger partial charge in [-0.1, -0.05) is 47.5 Å². The zero-order valence-electron chi connectivity index (χ0n) is 11.8. The highest BCUT2D eigenvalue weighted by Crippen LogP contribution is 2.31. The molecule has 0 aromatic heterocycles. The van der Waals surface area contributed by atoms with Crippen molar-refractivity contribution >= 4 is 22.0 Å². The van der Waals surface area contributed by atoms with Crippen molar-refractivity contribution in [3.05, 3.63) is 29.3 Å². The van der Waals surface area contributed by atoms with E-state index in [4.69, 9.17) is 4.74 Å². The number of ether oxygens (including phenoxy) is 2. The van der Waals surface area contributed by atoms with Crippen LogP contribution in [-0.2, 0) is 0 Å². The largest absolute Gasteiger partial charge is 0.490 e. The summed E-state index contributed by atoms with van der Waals surface area (Å²) in [6.45, 7) is 3.54. The summed E-state index contributed by atoms with van der Waals surface area (Å²) < 4.78 is 34.4. The molecule has 0 heterocycles. The SMILES string of the molecule is CCOc1cc(C=C(CBr)C(C)C)ccc1OC(F)F. The molecule has 1 rings (SSSR count). The lowest BCUT2D eigenvalue weighted by molar-refractivity contribution is -0.0514. The second kappa shape index (κ2) is 8.25. The van der Waals surface area contributed by atoms with Gasteiger partial charge in [0.25, 0.3) is 0 Å². The molecular weight excluding hydrogens is 330 g/mol. The molecule has 0 aliphatic rings. The molecule has 0 spiro atoms. The fraction of sp³-hybridized carbons (Fsp3) is 0.467. The Morgan fingerprint density at radius 3 is 2.50 bits per heavy atom. The lowest BCUT2D eigenvalue weighted by Gasteiger charge is -2.13. The number of halogens is 3. The number of rotatable bonds is 7. The number of hydrogen-bond donors (Lipinski definition) is 0. The Labute approximate surface area is 126 Å². The third-order valence-corrected chi connectivity index (χ3v) is 3.38. The van der Waals surface area contributed by atoms with Gasteiger partial charge in [0.15, 0.2) is 11.5 Å². The summed E-state index contributed by atoms with van der Waals surface area (Å²) in [7, 11) is 0. The first-order valence-electron chi connectivity index (χ1n) is 6.46. The van der Waals surface area contributed by atoms with Crippen LogP contribution >= 0.6 is 15.9 Å². The lowest BCUT2D eigenvalue weighted by atomic mass is 10.0. The molecule has 0 aliphatic carbocycles. The van der Waals surface area contributed by atoms with E-state index in [9.17, 15) is 8.78 Å². The molecule has 0 amide bonds. The minimum atomic E-state index is -2.86. The van der Waals surface area contributed by atoms with Gasteiger partial charge in [-0.2, -0.15) is 8.78 Å². The Kier molecular flexibility index (Phi) is 6.99. The van der Waals surface area contributed by atoms with E-state index < -0.39 is 6.61 Å². The minimum absolute atomic E-state index is 0.0592. The molecule has 0 saturated carbocycles. The molecule has 1 aromatic carbocycles. The Hall–Kier alpha value is -1.10. The van der Waals surface area contributed by atoms with E-state index >= 15 is 0 Å². The van der Waals surface area contributed by atoms with Crippen molar-refractivity contribution < 1.29 is 18.3 Å². The predicted molar refractivity (Wildman–Crippen MR) is 80.9 cm³/mol. The van der Waals surface area contributed by atoms with Gasteiger partial charge in [-0.05, 0) is 30.5 Å². The fourth-order valence-corrected chi connectivity index (χ4v) is 2.46. The van der Waals surface area contributed by atoms with E-state index in [1.54, 1.807) is 19.1 Å². The summed E-state index contributed by atoms with van der Waals surface area (Å²) >= 11 is 3.45. The van der Waals surface area contributed by atoms with Gasteiger partial charge in [-0.15, -0.1) is 0 Å². The highest BCUT2D eigenvalue weighted by atomic mass is 79.9. The number of alkyl halides is 3. The van der Waals surface area contributed by atoms with Crippen LogP contribution in [0.3, 0.4) is 0 Å². The molecule has 2 nitrogen and oxygen atoms in total. The standard InChI is InChI=1S/C15H19BrF2O2/c1-4-19-14-8-11(7-12(9-16)10(2)3)5-6-13(14)20-15(17)18/h5-8,10,15H,4,9H2,1-3H3. The van der Waals surface area contributed by atoms with Crippen molar-refractivity contribution in [3.63, 3.8) is 0 Å². The quantitative estimate of drug-likeness (QED) is 0.636. The third-order valence-electron chi connectivity index (χ3n) is 2.73. The van der Waals surface area contributed by atoms with E-state index in [0.29, 0.717) is 18.3 Å². The average molecular weight is 349 g/mol. The van der Waals surface area contributed by atoms with E-state index in [2.05, 4.69) is 34.5 Å². The maximum Gasteiger partial charge on any atom is 0.387 e. The molecule has 1 aromatic rings. The molecule has 0 radical (unpaired) electrons. The first kappa shape index (κ1) is 17.0. The summed E-state index contributed by atoms with van der Waals surface area (Å²) in [5.41, 5.74) is 2.12. The van der Waals surface area contributed by atoms with Gasteiger partial charge in [0.2, 0.25) is 0 Å². The van der Waals surface area contributed by atoms with Gasteiger partial charge in [0.1, 0.15) is 0 Å². The van der Waals surface area contributed by atoms with E-state index in [1.807, 2.05) is 6.08 Å². The van der Waals surface area contributed by atoms with E-state index in [1.165, 1.54) is 11.6 Å². The van der Waals surface area contributed by atoms with Crippen molar-refractivity contribution in [2.45, 2.75) is 27.4 Å². The van der Waals surface area contributed by atoms with Crippen LogP contribution in [0.25, 0.3) is 6.08 Å². The van der Waals surface area contributed by atoms with Crippen molar-refractivity contribution in [1.29, 1.82) is 0 Å². The molecule has 0 aliphatic heterocycles. The van der Waals surface area contributed by atoms with Crippen LogP contribution in [0.5, 0.6) is 11.5 Å². The van der Waals surface area contributed by atoms with Crippen LogP contribution in [-0.4, -0.2) is 18.5 Å². The topological polar surface area (TPSA) is 18.5 Å². The fourth-order valence-electron chi connectivity index (χ4n) is 1.65. The smallest absolute Gasteiger partial charge is 0.387 e. The van der Waals surface area contributed by atoms with Gasteiger partial charge in [0, 0.05) is 5.33 Å². The molecule has 5 heteroatoms. The molecule has 0 fully saturated rings. The van der Waals surface area contributed by atoms with Crippen molar-refractivity contribution in [2.75, 3.05) is 11.9 Å². The van der Waals surface area contributed by atoms with Gasteiger partial charge >= 0.3 is 6.61 Å². The molecular formula is C15H19BrF2O2. The predicted octanol–water partition coefficient (Wildman–Crippen LogP) is 5.12. The Bertz CT molecular complexity index is 459. The van der Waals surface area contributed by atoms with Gasteiger partial charge in [-0.3, -0.25) is 0 Å². The lowest BCUT2D eigenvalue weighted by Crippen LogP contribution is -2.04. The first-order chi connectivity index (χ1) is 9.47. The second-order valence-corrected chi connectivity index (χ2v) is 5.09. The molecule has 0 atom stereocenters. The van der Waals surface area contributed by atoms with E-state index in [-0.39, 0.29) is 5.75 Å². The van der Waals surface area contributed by atoms with Gasteiger partial charge in [-0.25, -0.2) is 0 Å². The number of allylic oxidation sites excluding steroid dienone is 1. The summed E-state index contributed by atoms with van der Waals surface area (Å²) in [6, 6.07) is 4.96. The Balaban J connectivity index is 3.09. The van der Waals surface area contributed by atoms with Crippen LogP contribution in [0.4, 0.5) is 8.78 Å². The average Bonchev–Trinajstić information content (AvgIpc) is 2.38. The van der Waals surface area contributed by atoms with Crippen LogP contribution in [0.2, 0.25) is 0 Å². The summed E-state index contributed by atoms with van der Waals surface area (Å²) in [4.78, 5) is 0. The molecule has 112 valence electrons. The zero-order chi connectivity index (χ0) is 15.1. The number of benzene rings is 1. The number of hydrogen-bond acceptors (Lipinski definition) is 2.